The maximum atomic E-state index is 13.5. The summed E-state index contributed by atoms with van der Waals surface area (Å²) < 4.78 is 40.9. The molecule has 2 heterocycles. The number of nitrogens with one attached hydrogen (secondary N) is 1. The van der Waals surface area contributed by atoms with Gasteiger partial charge in [0.25, 0.3) is 5.91 Å². The molecule has 2 aliphatic rings. The minimum atomic E-state index is -2.47. The zero-order valence-corrected chi connectivity index (χ0v) is 16.5. The van der Waals surface area contributed by atoms with Crippen LogP contribution in [0.15, 0.2) is 18.2 Å². The predicted octanol–water partition coefficient (Wildman–Crippen LogP) is 3.01. The number of hydrogen-bond acceptors (Lipinski definition) is 3. The first-order chi connectivity index (χ1) is 14.3. The van der Waals surface area contributed by atoms with E-state index >= 15 is 0 Å². The minimum absolute atomic E-state index is 0.0398. The summed E-state index contributed by atoms with van der Waals surface area (Å²) in [5, 5.41) is 6.94. The zero-order chi connectivity index (χ0) is 21.6. The van der Waals surface area contributed by atoms with Crippen molar-refractivity contribution in [3.05, 3.63) is 40.3 Å². The Morgan fingerprint density at radius 1 is 1.27 bits per heavy atom. The van der Waals surface area contributed by atoms with E-state index in [1.54, 1.807) is 4.68 Å². The average molecular weight is 442 g/mol. The molecule has 1 aliphatic carbocycles. The number of nitrogens with zero attached hydrogens (tertiary/aromatic N) is 3. The van der Waals surface area contributed by atoms with Crippen molar-refractivity contribution >= 4 is 23.5 Å². The van der Waals surface area contributed by atoms with Gasteiger partial charge in [0.1, 0.15) is 11.5 Å². The fraction of sp³-hybridized carbons (Fsp3) is 0.421. The van der Waals surface area contributed by atoms with Crippen LogP contribution in [-0.2, 0) is 13.1 Å². The van der Waals surface area contributed by atoms with Crippen LogP contribution in [0.1, 0.15) is 28.9 Å². The molecule has 2 atom stereocenters. The van der Waals surface area contributed by atoms with Gasteiger partial charge in [-0.05, 0) is 31.0 Å². The van der Waals surface area contributed by atoms with E-state index in [1.165, 1.54) is 23.1 Å². The van der Waals surface area contributed by atoms with Crippen molar-refractivity contribution in [3.8, 4) is 11.3 Å². The van der Waals surface area contributed by atoms with Gasteiger partial charge in [-0.25, -0.2) is 18.0 Å². The van der Waals surface area contributed by atoms with Gasteiger partial charge in [0.15, 0.2) is 0 Å². The van der Waals surface area contributed by atoms with Crippen LogP contribution in [0.3, 0.4) is 0 Å². The van der Waals surface area contributed by atoms with Gasteiger partial charge < -0.3 is 16.0 Å². The van der Waals surface area contributed by atoms with E-state index in [9.17, 15) is 22.8 Å². The van der Waals surface area contributed by atoms with Gasteiger partial charge in [0.05, 0.1) is 29.4 Å². The third-order valence-corrected chi connectivity index (χ3v) is 5.96. The molecule has 3 amide bonds. The smallest absolute Gasteiger partial charge is 0.318 e. The van der Waals surface area contributed by atoms with E-state index in [-0.39, 0.29) is 29.4 Å². The molecule has 160 valence electrons. The molecule has 1 aromatic heterocycles. The second kappa shape index (κ2) is 7.82. The molecule has 0 spiro atoms. The second-order valence-electron chi connectivity index (χ2n) is 7.44. The van der Waals surface area contributed by atoms with Crippen LogP contribution in [0.5, 0.6) is 0 Å². The first kappa shape index (κ1) is 20.5. The molecule has 4 rings (SSSR count). The molecule has 0 radical (unpaired) electrons. The number of primary amides is 1. The highest BCUT2D eigenvalue weighted by atomic mass is 35.5. The van der Waals surface area contributed by atoms with Gasteiger partial charge in [0, 0.05) is 24.1 Å². The lowest BCUT2D eigenvalue weighted by molar-refractivity contribution is 0.00917. The van der Waals surface area contributed by atoms with Gasteiger partial charge in [0.2, 0.25) is 6.43 Å². The van der Waals surface area contributed by atoms with Crippen LogP contribution in [0.2, 0.25) is 5.02 Å². The van der Waals surface area contributed by atoms with Crippen molar-refractivity contribution in [1.29, 1.82) is 0 Å². The Balaban J connectivity index is 1.58. The highest BCUT2D eigenvalue weighted by Gasteiger charge is 2.39. The van der Waals surface area contributed by atoms with E-state index in [0.29, 0.717) is 30.6 Å². The summed E-state index contributed by atoms with van der Waals surface area (Å²) in [4.78, 5) is 26.2. The fourth-order valence-electron chi connectivity index (χ4n) is 3.85. The molecular weight excluding hydrogens is 423 g/mol. The molecule has 30 heavy (non-hydrogen) atoms. The molecule has 1 saturated carbocycles. The molecule has 2 unspecified atom stereocenters. The monoisotopic (exact) mass is 441 g/mol. The minimum Gasteiger partial charge on any atom is -0.365 e. The van der Waals surface area contributed by atoms with Gasteiger partial charge in [-0.15, -0.1) is 0 Å². The van der Waals surface area contributed by atoms with E-state index in [1.807, 2.05) is 0 Å². The van der Waals surface area contributed by atoms with E-state index in [4.69, 9.17) is 17.3 Å². The molecule has 2 aromatic rings. The van der Waals surface area contributed by atoms with Crippen molar-refractivity contribution in [3.63, 3.8) is 0 Å². The van der Waals surface area contributed by atoms with E-state index in [2.05, 4.69) is 10.4 Å². The number of carbonyl (C=O) groups excluding carboxylic acids is 2. The lowest BCUT2D eigenvalue weighted by Gasteiger charge is -2.38. The number of amides is 3. The van der Waals surface area contributed by atoms with Crippen LogP contribution in [0, 0.1) is 11.7 Å². The Labute approximate surface area is 175 Å². The third-order valence-electron chi connectivity index (χ3n) is 5.67. The molecule has 1 fully saturated rings. The van der Waals surface area contributed by atoms with E-state index < -0.39 is 36.1 Å². The van der Waals surface area contributed by atoms with Gasteiger partial charge in [-0.1, -0.05) is 11.6 Å². The number of urea groups is 1. The van der Waals surface area contributed by atoms with Crippen molar-refractivity contribution in [2.24, 2.45) is 11.7 Å². The SMILES string of the molecule is NC(=O)c1c(-c2ccc(F)c(Cl)c2)nn2c1CN(C(=O)NC1CCC1C(F)F)CC2. The Bertz CT molecular complexity index is 1010. The molecular formula is C19H19ClF3N5O2. The molecule has 1 aliphatic heterocycles. The number of benzene rings is 1. The molecule has 1 aromatic carbocycles. The molecule has 0 saturated heterocycles. The first-order valence-electron chi connectivity index (χ1n) is 9.44. The molecule has 11 heteroatoms. The van der Waals surface area contributed by atoms with Crippen LogP contribution in [0.25, 0.3) is 11.3 Å². The lowest BCUT2D eigenvalue weighted by Crippen LogP contribution is -2.54. The summed E-state index contributed by atoms with van der Waals surface area (Å²) in [6.07, 6.45) is -1.59. The van der Waals surface area contributed by atoms with Crippen molar-refractivity contribution in [1.82, 2.24) is 20.0 Å². The Morgan fingerprint density at radius 2 is 2.03 bits per heavy atom. The third kappa shape index (κ3) is 3.60. The number of aromatic nitrogens is 2. The number of carbonyl (C=O) groups is 2. The summed E-state index contributed by atoms with van der Waals surface area (Å²) in [6.45, 7) is 0.618. The first-order valence-corrected chi connectivity index (χ1v) is 9.82. The Hall–Kier alpha value is -2.75. The molecule has 0 bridgehead atoms. The van der Waals surface area contributed by atoms with Crippen molar-refractivity contribution < 1.29 is 22.8 Å². The van der Waals surface area contributed by atoms with Gasteiger partial charge in [-0.2, -0.15) is 5.10 Å². The van der Waals surface area contributed by atoms with Gasteiger partial charge in [-0.3, -0.25) is 9.48 Å². The predicted molar refractivity (Wildman–Crippen MR) is 103 cm³/mol. The standard InChI is InChI=1S/C19H19ClF3N5O2/c20-11-7-9(1-3-12(11)21)16-15(18(24)29)14-8-27(5-6-28(14)26-16)19(30)25-13-4-2-10(13)17(22)23/h1,3,7,10,13,17H,2,4-6,8H2,(H2,24,29)(H,25,30). The number of fused-ring (bicyclic) bond motifs is 1. The summed E-state index contributed by atoms with van der Waals surface area (Å²) in [5.41, 5.74) is 6.78. The van der Waals surface area contributed by atoms with Crippen LogP contribution in [-0.4, -0.2) is 45.6 Å². The van der Waals surface area contributed by atoms with Crippen molar-refractivity contribution in [2.75, 3.05) is 6.54 Å². The summed E-state index contributed by atoms with van der Waals surface area (Å²) in [5.74, 6) is -2.18. The maximum Gasteiger partial charge on any atom is 0.318 e. The summed E-state index contributed by atoms with van der Waals surface area (Å²) in [6, 6.07) is 2.92. The molecule has 3 N–H and O–H groups in total. The van der Waals surface area contributed by atoms with E-state index in [0.717, 1.165) is 0 Å². The molecule has 7 nitrogen and oxygen atoms in total. The maximum absolute atomic E-state index is 13.5. The summed E-state index contributed by atoms with van der Waals surface area (Å²) >= 11 is 5.85. The number of nitrogens with two attached hydrogens (primary N) is 1. The van der Waals surface area contributed by atoms with Crippen LogP contribution < -0.4 is 11.1 Å². The van der Waals surface area contributed by atoms with Crippen molar-refractivity contribution in [2.45, 2.75) is 38.4 Å². The number of halogens is 4. The Morgan fingerprint density at radius 3 is 2.63 bits per heavy atom. The van der Waals surface area contributed by atoms with Gasteiger partial charge >= 0.3 is 6.03 Å². The lowest BCUT2D eigenvalue weighted by atomic mass is 9.80. The quantitative estimate of drug-likeness (QED) is 0.763. The average Bonchev–Trinajstić information content (AvgIpc) is 3.05. The highest BCUT2D eigenvalue weighted by Crippen LogP contribution is 2.34. The number of rotatable bonds is 4. The van der Waals surface area contributed by atoms with Crippen LogP contribution >= 0.6 is 11.6 Å². The largest absolute Gasteiger partial charge is 0.365 e. The topological polar surface area (TPSA) is 93.2 Å². The summed E-state index contributed by atoms with van der Waals surface area (Å²) in [7, 11) is 0. The van der Waals surface area contributed by atoms with Crippen LogP contribution in [0.4, 0.5) is 18.0 Å². The zero-order valence-electron chi connectivity index (χ0n) is 15.7. The second-order valence-corrected chi connectivity index (χ2v) is 7.85. The highest BCUT2D eigenvalue weighted by molar-refractivity contribution is 6.31. The number of hydrogen-bond donors (Lipinski definition) is 2. The Kier molecular flexibility index (Phi) is 5.35. The fourth-order valence-corrected chi connectivity index (χ4v) is 4.03. The number of alkyl halides is 2. The normalized spacial score (nSPS) is 20.6.